The van der Waals surface area contributed by atoms with Crippen molar-refractivity contribution in [3.05, 3.63) is 241 Å². The molecule has 258 valence electrons. The van der Waals surface area contributed by atoms with Crippen molar-refractivity contribution in [1.82, 2.24) is 4.57 Å². The zero-order chi connectivity index (χ0) is 36.3. The smallest absolute Gasteiger partial charge is 0.0714 e. The first-order valence-corrected chi connectivity index (χ1v) is 19.0. The molecular weight excluding hydrogens is 665 g/mol. The standard InChI is InChI=1S/C53H36N2/c1-4-19-39(20-5-1)53(40-21-6-2-7-22-40)47-27-14-12-26-46(47)52-48(53)28-16-30-50(52)54(42-32-31-37-17-10-11-18-38(37)35-42)43-33-34-45-44-25-13-15-29-49(44)55(51(45)36-43)41-23-8-3-9-24-41/h1-36H. The summed E-state index contributed by atoms with van der Waals surface area (Å²) >= 11 is 0. The molecule has 2 nitrogen and oxygen atoms in total. The fraction of sp³-hybridized carbons (Fsp3) is 0.0189. The van der Waals surface area contributed by atoms with E-state index in [9.17, 15) is 0 Å². The van der Waals surface area contributed by atoms with Gasteiger partial charge in [0.05, 0.1) is 22.1 Å². The van der Waals surface area contributed by atoms with Crippen molar-refractivity contribution in [2.24, 2.45) is 0 Å². The Hall–Kier alpha value is -7.16. The van der Waals surface area contributed by atoms with Gasteiger partial charge in [0.15, 0.2) is 0 Å². The van der Waals surface area contributed by atoms with E-state index in [2.05, 4.69) is 228 Å². The molecule has 2 heteroatoms. The molecule has 0 amide bonds. The average molecular weight is 701 g/mol. The van der Waals surface area contributed by atoms with Crippen LogP contribution in [0.2, 0.25) is 0 Å². The van der Waals surface area contributed by atoms with E-state index in [0.29, 0.717) is 0 Å². The highest BCUT2D eigenvalue weighted by Crippen LogP contribution is 2.59. The van der Waals surface area contributed by atoms with Gasteiger partial charge < -0.3 is 9.47 Å². The van der Waals surface area contributed by atoms with Gasteiger partial charge in [-0.25, -0.2) is 0 Å². The molecule has 0 unspecified atom stereocenters. The summed E-state index contributed by atoms with van der Waals surface area (Å²) in [5.41, 5.74) is 14.0. The second-order valence-electron chi connectivity index (χ2n) is 14.5. The van der Waals surface area contributed by atoms with Crippen molar-refractivity contribution in [3.63, 3.8) is 0 Å². The molecule has 0 fully saturated rings. The molecule has 1 aliphatic carbocycles. The highest BCUT2D eigenvalue weighted by atomic mass is 15.1. The third-order valence-corrected chi connectivity index (χ3v) is 11.6. The summed E-state index contributed by atoms with van der Waals surface area (Å²) in [6.45, 7) is 0. The summed E-state index contributed by atoms with van der Waals surface area (Å²) in [7, 11) is 0. The zero-order valence-electron chi connectivity index (χ0n) is 30.2. The van der Waals surface area contributed by atoms with Crippen LogP contribution in [0.15, 0.2) is 218 Å². The van der Waals surface area contributed by atoms with Gasteiger partial charge in [-0.15, -0.1) is 0 Å². The lowest BCUT2D eigenvalue weighted by Crippen LogP contribution is -2.28. The quantitative estimate of drug-likeness (QED) is 0.168. The van der Waals surface area contributed by atoms with Crippen molar-refractivity contribution in [1.29, 1.82) is 0 Å². The SMILES string of the molecule is c1ccc(-n2c3ccccc3c3ccc(N(c4ccc5ccccc5c4)c4cccc5c4-c4ccccc4C5(c4ccccc4)c4ccccc4)cc32)cc1. The minimum Gasteiger partial charge on any atom is -0.310 e. The minimum atomic E-state index is -0.497. The van der Waals surface area contributed by atoms with E-state index in [1.165, 1.54) is 66.0 Å². The molecule has 0 aliphatic heterocycles. The first kappa shape index (κ1) is 31.4. The number of rotatable bonds is 6. The van der Waals surface area contributed by atoms with E-state index < -0.39 is 5.41 Å². The second-order valence-corrected chi connectivity index (χ2v) is 14.5. The van der Waals surface area contributed by atoms with Crippen LogP contribution in [0, 0.1) is 0 Å². The molecule has 9 aromatic carbocycles. The predicted molar refractivity (Wildman–Crippen MR) is 230 cm³/mol. The molecule has 10 aromatic rings. The molecule has 0 spiro atoms. The molecule has 0 N–H and O–H groups in total. The molecule has 0 saturated carbocycles. The van der Waals surface area contributed by atoms with Crippen LogP contribution >= 0.6 is 0 Å². The summed E-state index contributed by atoms with van der Waals surface area (Å²) in [5.74, 6) is 0. The number of hydrogen-bond acceptors (Lipinski definition) is 1. The first-order valence-electron chi connectivity index (χ1n) is 19.0. The van der Waals surface area contributed by atoms with Crippen LogP contribution in [0.25, 0.3) is 49.4 Å². The highest BCUT2D eigenvalue weighted by molar-refractivity contribution is 6.11. The largest absolute Gasteiger partial charge is 0.310 e. The molecule has 1 heterocycles. The minimum absolute atomic E-state index is 0.497. The maximum Gasteiger partial charge on any atom is 0.0714 e. The maximum atomic E-state index is 2.49. The number of nitrogens with zero attached hydrogens (tertiary/aromatic N) is 2. The van der Waals surface area contributed by atoms with Gasteiger partial charge >= 0.3 is 0 Å². The average Bonchev–Trinajstić information content (AvgIpc) is 3.76. The van der Waals surface area contributed by atoms with E-state index in [0.717, 1.165) is 22.7 Å². The molecule has 11 rings (SSSR count). The number of aromatic nitrogens is 1. The fourth-order valence-corrected chi connectivity index (χ4v) is 9.36. The summed E-state index contributed by atoms with van der Waals surface area (Å²) in [6.07, 6.45) is 0. The summed E-state index contributed by atoms with van der Waals surface area (Å²) in [5, 5.41) is 4.91. The van der Waals surface area contributed by atoms with E-state index in [-0.39, 0.29) is 0 Å². The Labute approximate surface area is 320 Å². The third kappa shape index (κ3) is 4.68. The molecule has 55 heavy (non-hydrogen) atoms. The predicted octanol–water partition coefficient (Wildman–Crippen LogP) is 13.8. The summed E-state index contributed by atoms with van der Waals surface area (Å²) in [6, 6.07) is 80.1. The van der Waals surface area contributed by atoms with Crippen molar-refractivity contribution < 1.29 is 0 Å². The number of para-hydroxylation sites is 2. The number of benzene rings is 9. The molecular formula is C53H36N2. The van der Waals surface area contributed by atoms with Crippen LogP contribution in [0.3, 0.4) is 0 Å². The van der Waals surface area contributed by atoms with Gasteiger partial charge in [0.25, 0.3) is 0 Å². The summed E-state index contributed by atoms with van der Waals surface area (Å²) in [4.78, 5) is 2.49. The normalized spacial score (nSPS) is 12.9. The van der Waals surface area contributed by atoms with Crippen molar-refractivity contribution in [2.75, 3.05) is 4.90 Å². The van der Waals surface area contributed by atoms with Gasteiger partial charge in [-0.2, -0.15) is 0 Å². The van der Waals surface area contributed by atoms with Crippen LogP contribution in [-0.4, -0.2) is 4.57 Å². The molecule has 0 saturated heterocycles. The Morgan fingerprint density at radius 3 is 1.75 bits per heavy atom. The number of hydrogen-bond donors (Lipinski definition) is 0. The monoisotopic (exact) mass is 700 g/mol. The van der Waals surface area contributed by atoms with Crippen molar-refractivity contribution in [3.8, 4) is 16.8 Å². The van der Waals surface area contributed by atoms with Gasteiger partial charge in [0.2, 0.25) is 0 Å². The first-order chi connectivity index (χ1) is 27.3. The Balaban J connectivity index is 1.24. The van der Waals surface area contributed by atoms with Crippen LogP contribution in [0.5, 0.6) is 0 Å². The van der Waals surface area contributed by atoms with E-state index >= 15 is 0 Å². The van der Waals surface area contributed by atoms with Crippen molar-refractivity contribution in [2.45, 2.75) is 5.41 Å². The van der Waals surface area contributed by atoms with E-state index in [4.69, 9.17) is 0 Å². The maximum absolute atomic E-state index is 2.49. The van der Waals surface area contributed by atoms with Crippen LogP contribution in [-0.2, 0) is 5.41 Å². The fourth-order valence-electron chi connectivity index (χ4n) is 9.36. The Kier molecular flexibility index (Phi) is 7.11. The van der Waals surface area contributed by atoms with Gasteiger partial charge in [0, 0.05) is 33.4 Å². The number of anilines is 3. The topological polar surface area (TPSA) is 8.17 Å². The van der Waals surface area contributed by atoms with Gasteiger partial charge in [0.1, 0.15) is 0 Å². The van der Waals surface area contributed by atoms with Gasteiger partial charge in [-0.3, -0.25) is 0 Å². The highest BCUT2D eigenvalue weighted by Gasteiger charge is 2.47. The van der Waals surface area contributed by atoms with Crippen LogP contribution in [0.4, 0.5) is 17.1 Å². The third-order valence-electron chi connectivity index (χ3n) is 11.6. The Morgan fingerprint density at radius 1 is 0.382 bits per heavy atom. The summed E-state index contributed by atoms with van der Waals surface area (Å²) < 4.78 is 2.41. The van der Waals surface area contributed by atoms with E-state index in [1.54, 1.807) is 0 Å². The Morgan fingerprint density at radius 2 is 0.964 bits per heavy atom. The Bertz CT molecular complexity index is 2990. The van der Waals surface area contributed by atoms with Gasteiger partial charge in [-0.05, 0) is 87.1 Å². The molecule has 0 atom stereocenters. The lowest BCUT2D eigenvalue weighted by atomic mass is 9.68. The molecule has 1 aromatic heterocycles. The van der Waals surface area contributed by atoms with Gasteiger partial charge in [-0.1, -0.05) is 170 Å². The molecule has 0 radical (unpaired) electrons. The second kappa shape index (κ2) is 12.5. The van der Waals surface area contributed by atoms with Crippen LogP contribution < -0.4 is 4.90 Å². The molecule has 0 bridgehead atoms. The number of fused-ring (bicyclic) bond motifs is 7. The van der Waals surface area contributed by atoms with Crippen LogP contribution in [0.1, 0.15) is 22.3 Å². The molecule has 1 aliphatic rings. The zero-order valence-corrected chi connectivity index (χ0v) is 30.2. The van der Waals surface area contributed by atoms with Crippen molar-refractivity contribution >= 4 is 49.6 Å². The lowest BCUT2D eigenvalue weighted by Gasteiger charge is -2.34. The van der Waals surface area contributed by atoms with E-state index in [1.807, 2.05) is 0 Å². The lowest BCUT2D eigenvalue weighted by molar-refractivity contribution is 0.768.